The predicted molar refractivity (Wildman–Crippen MR) is 89.1 cm³/mol. The van der Waals surface area contributed by atoms with Crippen LogP contribution in [0.25, 0.3) is 0 Å². The molecule has 118 valence electrons. The Morgan fingerprint density at radius 1 is 1.29 bits per heavy atom. The standard InChI is InChI=1S/C18H30N2O/c1-5-11-19-18-16-13-15(21-4)9-7-14(16)8-10-17(18)20(3)12-6-2/h7,9,13,17-19H,5-6,8,10-12H2,1-4H3. The van der Waals surface area contributed by atoms with E-state index < -0.39 is 0 Å². The van der Waals surface area contributed by atoms with Gasteiger partial charge in [-0.2, -0.15) is 0 Å². The second-order valence-corrected chi connectivity index (χ2v) is 6.08. The number of ether oxygens (including phenoxy) is 1. The molecule has 2 unspecified atom stereocenters. The van der Waals surface area contributed by atoms with E-state index in [9.17, 15) is 0 Å². The Kier molecular flexibility index (Phi) is 6.07. The van der Waals surface area contributed by atoms with Gasteiger partial charge in [-0.3, -0.25) is 0 Å². The number of aryl methyl sites for hydroxylation is 1. The number of methoxy groups -OCH3 is 1. The van der Waals surface area contributed by atoms with Crippen molar-refractivity contribution in [3.8, 4) is 5.75 Å². The van der Waals surface area contributed by atoms with Gasteiger partial charge in [-0.25, -0.2) is 0 Å². The largest absolute Gasteiger partial charge is 0.497 e. The van der Waals surface area contributed by atoms with E-state index >= 15 is 0 Å². The average Bonchev–Trinajstić information content (AvgIpc) is 2.52. The highest BCUT2D eigenvalue weighted by Gasteiger charge is 2.31. The molecule has 2 atom stereocenters. The van der Waals surface area contributed by atoms with Crippen molar-refractivity contribution in [3.63, 3.8) is 0 Å². The summed E-state index contributed by atoms with van der Waals surface area (Å²) >= 11 is 0. The van der Waals surface area contributed by atoms with E-state index in [1.165, 1.54) is 36.8 Å². The fourth-order valence-corrected chi connectivity index (χ4v) is 3.43. The number of fused-ring (bicyclic) bond motifs is 1. The van der Waals surface area contributed by atoms with Crippen molar-refractivity contribution in [1.82, 2.24) is 10.2 Å². The first-order valence-corrected chi connectivity index (χ1v) is 8.31. The fourth-order valence-electron chi connectivity index (χ4n) is 3.43. The maximum Gasteiger partial charge on any atom is 0.119 e. The zero-order chi connectivity index (χ0) is 15.2. The zero-order valence-corrected chi connectivity index (χ0v) is 14.0. The van der Waals surface area contributed by atoms with Crippen LogP contribution in [0.4, 0.5) is 0 Å². The molecule has 0 bridgehead atoms. The molecule has 1 aromatic rings. The molecule has 0 aromatic heterocycles. The molecule has 0 saturated heterocycles. The van der Waals surface area contributed by atoms with Crippen LogP contribution in [-0.4, -0.2) is 38.2 Å². The van der Waals surface area contributed by atoms with Crippen LogP contribution in [0.2, 0.25) is 0 Å². The number of nitrogens with zero attached hydrogens (tertiary/aromatic N) is 1. The molecule has 1 aromatic carbocycles. The lowest BCUT2D eigenvalue weighted by molar-refractivity contribution is 0.173. The van der Waals surface area contributed by atoms with Crippen molar-refractivity contribution in [2.24, 2.45) is 0 Å². The smallest absolute Gasteiger partial charge is 0.119 e. The van der Waals surface area contributed by atoms with Gasteiger partial charge in [0, 0.05) is 12.1 Å². The van der Waals surface area contributed by atoms with Gasteiger partial charge < -0.3 is 15.0 Å². The third kappa shape index (κ3) is 3.78. The topological polar surface area (TPSA) is 24.5 Å². The maximum absolute atomic E-state index is 5.43. The Balaban J connectivity index is 2.28. The van der Waals surface area contributed by atoms with E-state index in [0.29, 0.717) is 12.1 Å². The van der Waals surface area contributed by atoms with Gasteiger partial charge >= 0.3 is 0 Å². The monoisotopic (exact) mass is 290 g/mol. The number of rotatable bonds is 7. The van der Waals surface area contributed by atoms with Crippen LogP contribution < -0.4 is 10.1 Å². The quantitative estimate of drug-likeness (QED) is 0.833. The molecule has 3 nitrogen and oxygen atoms in total. The van der Waals surface area contributed by atoms with Crippen molar-refractivity contribution in [2.75, 3.05) is 27.2 Å². The van der Waals surface area contributed by atoms with E-state index in [2.05, 4.69) is 49.3 Å². The maximum atomic E-state index is 5.43. The minimum atomic E-state index is 0.417. The molecule has 0 aliphatic heterocycles. The Hall–Kier alpha value is -1.06. The summed E-state index contributed by atoms with van der Waals surface area (Å²) < 4.78 is 5.43. The molecule has 0 fully saturated rings. The lowest BCUT2D eigenvalue weighted by atomic mass is 9.83. The molecule has 21 heavy (non-hydrogen) atoms. The molecular formula is C18H30N2O. The molecule has 0 saturated carbocycles. The summed E-state index contributed by atoms with van der Waals surface area (Å²) in [4.78, 5) is 2.52. The summed E-state index contributed by atoms with van der Waals surface area (Å²) in [6, 6.07) is 7.56. The van der Waals surface area contributed by atoms with E-state index in [1.54, 1.807) is 7.11 Å². The fraction of sp³-hybridized carbons (Fsp3) is 0.667. The van der Waals surface area contributed by atoms with Gasteiger partial charge in [0.25, 0.3) is 0 Å². The normalized spacial score (nSPS) is 21.4. The van der Waals surface area contributed by atoms with E-state index in [0.717, 1.165) is 18.8 Å². The Labute approximate surface area is 129 Å². The first-order valence-electron chi connectivity index (χ1n) is 8.31. The van der Waals surface area contributed by atoms with Crippen molar-refractivity contribution in [1.29, 1.82) is 0 Å². The predicted octanol–water partition coefficient (Wildman–Crippen LogP) is 3.39. The molecular weight excluding hydrogens is 260 g/mol. The summed E-state index contributed by atoms with van der Waals surface area (Å²) in [7, 11) is 4.01. The summed E-state index contributed by atoms with van der Waals surface area (Å²) in [5.41, 5.74) is 2.91. The molecule has 0 radical (unpaired) electrons. The van der Waals surface area contributed by atoms with E-state index in [-0.39, 0.29) is 0 Å². The number of benzene rings is 1. The highest BCUT2D eigenvalue weighted by Crippen LogP contribution is 2.35. The Bertz CT molecular complexity index is 447. The molecule has 2 rings (SSSR count). The molecule has 1 aliphatic carbocycles. The molecule has 0 amide bonds. The summed E-state index contributed by atoms with van der Waals surface area (Å²) in [6.45, 7) is 6.71. The van der Waals surface area contributed by atoms with Crippen LogP contribution in [0.3, 0.4) is 0 Å². The third-order valence-corrected chi connectivity index (χ3v) is 4.54. The number of hydrogen-bond donors (Lipinski definition) is 1. The first kappa shape index (κ1) is 16.3. The van der Waals surface area contributed by atoms with Crippen molar-refractivity contribution >= 4 is 0 Å². The van der Waals surface area contributed by atoms with Crippen LogP contribution in [-0.2, 0) is 6.42 Å². The highest BCUT2D eigenvalue weighted by molar-refractivity contribution is 5.40. The Morgan fingerprint density at radius 3 is 2.76 bits per heavy atom. The van der Waals surface area contributed by atoms with Gasteiger partial charge in [0.1, 0.15) is 5.75 Å². The number of nitrogens with one attached hydrogen (secondary N) is 1. The van der Waals surface area contributed by atoms with Gasteiger partial charge in [-0.1, -0.05) is 19.9 Å². The SMILES string of the molecule is CCCNC1c2cc(OC)ccc2CCC1N(C)CCC. The molecule has 1 N–H and O–H groups in total. The van der Waals surface area contributed by atoms with Gasteiger partial charge in [0.2, 0.25) is 0 Å². The lowest BCUT2D eigenvalue weighted by Crippen LogP contribution is -2.46. The van der Waals surface area contributed by atoms with Crippen LogP contribution in [0.1, 0.15) is 50.3 Å². The molecule has 3 heteroatoms. The van der Waals surface area contributed by atoms with Crippen LogP contribution in [0.5, 0.6) is 5.75 Å². The van der Waals surface area contributed by atoms with Gasteiger partial charge in [0.15, 0.2) is 0 Å². The molecule has 0 spiro atoms. The molecule has 0 heterocycles. The van der Waals surface area contributed by atoms with Crippen molar-refractivity contribution in [2.45, 2.75) is 51.6 Å². The minimum Gasteiger partial charge on any atom is -0.497 e. The van der Waals surface area contributed by atoms with Crippen molar-refractivity contribution < 1.29 is 4.74 Å². The number of likely N-dealkylation sites (N-methyl/N-ethyl adjacent to an activating group) is 1. The highest BCUT2D eigenvalue weighted by atomic mass is 16.5. The molecule has 1 aliphatic rings. The zero-order valence-electron chi connectivity index (χ0n) is 14.0. The average molecular weight is 290 g/mol. The van der Waals surface area contributed by atoms with Gasteiger partial charge in [-0.15, -0.1) is 0 Å². The Morgan fingerprint density at radius 2 is 2.10 bits per heavy atom. The van der Waals surface area contributed by atoms with E-state index in [1.807, 2.05) is 0 Å². The van der Waals surface area contributed by atoms with Crippen LogP contribution in [0, 0.1) is 0 Å². The van der Waals surface area contributed by atoms with E-state index in [4.69, 9.17) is 4.74 Å². The summed E-state index contributed by atoms with van der Waals surface area (Å²) in [6.07, 6.45) is 4.78. The summed E-state index contributed by atoms with van der Waals surface area (Å²) in [5, 5.41) is 3.77. The van der Waals surface area contributed by atoms with Crippen LogP contribution >= 0.6 is 0 Å². The van der Waals surface area contributed by atoms with Crippen LogP contribution in [0.15, 0.2) is 18.2 Å². The third-order valence-electron chi connectivity index (χ3n) is 4.54. The first-order chi connectivity index (χ1) is 10.2. The number of hydrogen-bond acceptors (Lipinski definition) is 3. The lowest BCUT2D eigenvalue weighted by Gasteiger charge is -2.40. The van der Waals surface area contributed by atoms with Crippen molar-refractivity contribution in [3.05, 3.63) is 29.3 Å². The van der Waals surface area contributed by atoms with Gasteiger partial charge in [-0.05, 0) is 69.1 Å². The van der Waals surface area contributed by atoms with Gasteiger partial charge in [0.05, 0.1) is 7.11 Å². The second-order valence-electron chi connectivity index (χ2n) is 6.08. The minimum absolute atomic E-state index is 0.417. The summed E-state index contributed by atoms with van der Waals surface area (Å²) in [5.74, 6) is 0.968. The second kappa shape index (κ2) is 7.81.